The third-order valence-corrected chi connectivity index (χ3v) is 3.82. The van der Waals surface area contributed by atoms with E-state index in [1.54, 1.807) is 10.9 Å². The molecule has 0 bridgehead atoms. The third kappa shape index (κ3) is 2.86. The Balaban J connectivity index is 1.77. The summed E-state index contributed by atoms with van der Waals surface area (Å²) in [6, 6.07) is 2.15. The van der Waals surface area contributed by atoms with Crippen molar-refractivity contribution in [3.05, 3.63) is 47.3 Å². The smallest absolute Gasteiger partial charge is 0.228 e. The van der Waals surface area contributed by atoms with Gasteiger partial charge < -0.3 is 4.90 Å². The molecule has 6 heteroatoms. The summed E-state index contributed by atoms with van der Waals surface area (Å²) < 4.78 is 29.1. The van der Waals surface area contributed by atoms with E-state index in [0.717, 1.165) is 11.6 Å². The van der Waals surface area contributed by atoms with Crippen molar-refractivity contribution < 1.29 is 13.6 Å². The minimum atomic E-state index is -0.669. The van der Waals surface area contributed by atoms with E-state index < -0.39 is 11.6 Å². The Morgan fingerprint density at radius 3 is 2.91 bits per heavy atom. The van der Waals surface area contributed by atoms with Gasteiger partial charge in [0.05, 0.1) is 11.9 Å². The number of rotatable bonds is 3. The molecule has 0 saturated heterocycles. The SMILES string of the molecule is Cc1cnn(CCC(=O)N2CCCc3cc(F)cc(F)c32)c1. The largest absolute Gasteiger partial charge is 0.309 e. The highest BCUT2D eigenvalue weighted by Crippen LogP contribution is 2.31. The highest BCUT2D eigenvalue weighted by molar-refractivity contribution is 5.94. The van der Waals surface area contributed by atoms with Gasteiger partial charge in [-0.1, -0.05) is 0 Å². The number of fused-ring (bicyclic) bond motifs is 1. The maximum absolute atomic E-state index is 14.1. The van der Waals surface area contributed by atoms with Gasteiger partial charge in [-0.15, -0.1) is 0 Å². The number of hydrogen-bond acceptors (Lipinski definition) is 2. The summed E-state index contributed by atoms with van der Waals surface area (Å²) in [5, 5.41) is 4.13. The highest BCUT2D eigenvalue weighted by atomic mass is 19.1. The van der Waals surface area contributed by atoms with Gasteiger partial charge in [-0.25, -0.2) is 8.78 Å². The number of hydrogen-bond donors (Lipinski definition) is 0. The van der Waals surface area contributed by atoms with Gasteiger partial charge in [-0.3, -0.25) is 9.48 Å². The van der Waals surface area contributed by atoms with Crippen LogP contribution in [0.5, 0.6) is 0 Å². The minimum absolute atomic E-state index is 0.167. The molecule has 0 fully saturated rings. The van der Waals surface area contributed by atoms with E-state index in [4.69, 9.17) is 0 Å². The monoisotopic (exact) mass is 305 g/mol. The quantitative estimate of drug-likeness (QED) is 0.874. The first-order valence-electron chi connectivity index (χ1n) is 7.32. The van der Waals surface area contributed by atoms with E-state index >= 15 is 0 Å². The molecule has 0 radical (unpaired) electrons. The van der Waals surface area contributed by atoms with Crippen molar-refractivity contribution in [3.8, 4) is 0 Å². The van der Waals surface area contributed by atoms with Crippen molar-refractivity contribution in [2.75, 3.05) is 11.4 Å². The van der Waals surface area contributed by atoms with Crippen LogP contribution in [0.4, 0.5) is 14.5 Å². The van der Waals surface area contributed by atoms with E-state index in [9.17, 15) is 13.6 Å². The first-order valence-corrected chi connectivity index (χ1v) is 7.32. The lowest BCUT2D eigenvalue weighted by Crippen LogP contribution is -2.36. The van der Waals surface area contributed by atoms with E-state index in [2.05, 4.69) is 5.10 Å². The standard InChI is InChI=1S/C16H17F2N3O/c1-11-9-19-20(10-11)6-4-15(22)21-5-2-3-12-7-13(17)8-14(18)16(12)21/h7-10H,2-6H2,1H3. The number of benzene rings is 1. The van der Waals surface area contributed by atoms with Crippen molar-refractivity contribution in [2.24, 2.45) is 0 Å². The number of aryl methyl sites for hydroxylation is 3. The van der Waals surface area contributed by atoms with Gasteiger partial charge in [0.1, 0.15) is 11.6 Å². The summed E-state index contributed by atoms with van der Waals surface area (Å²) in [6.07, 6.45) is 5.11. The van der Waals surface area contributed by atoms with Crippen LogP contribution in [0.3, 0.4) is 0 Å². The number of carbonyl (C=O) groups excluding carboxylic acids is 1. The molecule has 1 aliphatic heterocycles. The normalized spacial score (nSPS) is 14.0. The molecule has 4 nitrogen and oxygen atoms in total. The molecular formula is C16H17F2N3O. The van der Waals surface area contributed by atoms with Crippen LogP contribution in [0.25, 0.3) is 0 Å². The zero-order valence-corrected chi connectivity index (χ0v) is 12.4. The number of nitrogens with zero attached hydrogens (tertiary/aromatic N) is 3. The molecule has 3 rings (SSSR count). The van der Waals surface area contributed by atoms with Crippen LogP contribution in [0.2, 0.25) is 0 Å². The number of amides is 1. The summed E-state index contributed by atoms with van der Waals surface area (Å²) in [5.41, 5.74) is 1.82. The van der Waals surface area contributed by atoms with E-state index in [1.807, 2.05) is 13.1 Å². The molecule has 0 atom stereocenters. The minimum Gasteiger partial charge on any atom is -0.309 e. The maximum Gasteiger partial charge on any atom is 0.228 e. The number of carbonyl (C=O) groups is 1. The molecule has 2 aromatic rings. The number of halogens is 2. The molecule has 0 N–H and O–H groups in total. The van der Waals surface area contributed by atoms with Gasteiger partial charge >= 0.3 is 0 Å². The van der Waals surface area contributed by atoms with Crippen LogP contribution in [-0.4, -0.2) is 22.2 Å². The van der Waals surface area contributed by atoms with E-state index in [0.29, 0.717) is 31.5 Å². The van der Waals surface area contributed by atoms with Crippen molar-refractivity contribution >= 4 is 11.6 Å². The molecule has 0 aliphatic carbocycles. The molecule has 22 heavy (non-hydrogen) atoms. The molecular weight excluding hydrogens is 288 g/mol. The number of aromatic nitrogens is 2. The van der Waals surface area contributed by atoms with Crippen LogP contribution >= 0.6 is 0 Å². The van der Waals surface area contributed by atoms with E-state index in [-0.39, 0.29) is 18.0 Å². The lowest BCUT2D eigenvalue weighted by molar-refractivity contribution is -0.119. The Hall–Kier alpha value is -2.24. The number of anilines is 1. The van der Waals surface area contributed by atoms with Crippen molar-refractivity contribution in [3.63, 3.8) is 0 Å². The molecule has 116 valence electrons. The van der Waals surface area contributed by atoms with Crippen LogP contribution in [-0.2, 0) is 17.8 Å². The molecule has 1 amide bonds. The Bertz CT molecular complexity index is 711. The van der Waals surface area contributed by atoms with Crippen LogP contribution in [0.15, 0.2) is 24.5 Å². The average molecular weight is 305 g/mol. The lowest BCUT2D eigenvalue weighted by atomic mass is 10.0. The molecule has 2 heterocycles. The summed E-state index contributed by atoms with van der Waals surface area (Å²) in [5.74, 6) is -1.44. The molecule has 0 unspecified atom stereocenters. The molecule has 1 aromatic carbocycles. The molecule has 1 aromatic heterocycles. The van der Waals surface area contributed by atoms with Gasteiger partial charge in [0.15, 0.2) is 0 Å². The fraction of sp³-hybridized carbons (Fsp3) is 0.375. The fourth-order valence-electron chi connectivity index (χ4n) is 2.84. The van der Waals surface area contributed by atoms with Crippen molar-refractivity contribution in [2.45, 2.75) is 32.7 Å². The highest BCUT2D eigenvalue weighted by Gasteiger charge is 2.26. The van der Waals surface area contributed by atoms with Crippen LogP contribution in [0, 0.1) is 18.6 Å². The summed E-state index contributed by atoms with van der Waals surface area (Å²) >= 11 is 0. The maximum atomic E-state index is 14.1. The zero-order valence-electron chi connectivity index (χ0n) is 12.4. The Morgan fingerprint density at radius 1 is 1.36 bits per heavy atom. The second kappa shape index (κ2) is 5.87. The Labute approximate surface area is 127 Å². The van der Waals surface area contributed by atoms with Gasteiger partial charge in [-0.2, -0.15) is 5.10 Å². The molecule has 1 aliphatic rings. The summed E-state index contributed by atoms with van der Waals surface area (Å²) in [6.45, 7) is 2.84. The molecule has 0 spiro atoms. The van der Waals surface area contributed by atoms with E-state index in [1.165, 1.54) is 11.0 Å². The van der Waals surface area contributed by atoms with Gasteiger partial charge in [0.25, 0.3) is 0 Å². The Kier molecular flexibility index (Phi) is 3.92. The first-order chi connectivity index (χ1) is 10.5. The van der Waals surface area contributed by atoms with Crippen LogP contribution in [0.1, 0.15) is 24.0 Å². The molecule has 0 saturated carbocycles. The van der Waals surface area contributed by atoms with Gasteiger partial charge in [0, 0.05) is 31.8 Å². The second-order valence-electron chi connectivity index (χ2n) is 5.58. The second-order valence-corrected chi connectivity index (χ2v) is 5.58. The van der Waals surface area contributed by atoms with Gasteiger partial charge in [-0.05, 0) is 37.0 Å². The first kappa shape index (κ1) is 14.7. The van der Waals surface area contributed by atoms with Crippen LogP contribution < -0.4 is 4.90 Å². The fourth-order valence-corrected chi connectivity index (χ4v) is 2.84. The van der Waals surface area contributed by atoms with Crippen molar-refractivity contribution in [1.82, 2.24) is 9.78 Å². The van der Waals surface area contributed by atoms with Gasteiger partial charge in [0.2, 0.25) is 5.91 Å². The predicted octanol–water partition coefficient (Wildman–Crippen LogP) is 2.84. The summed E-state index contributed by atoms with van der Waals surface area (Å²) in [7, 11) is 0. The lowest BCUT2D eigenvalue weighted by Gasteiger charge is -2.30. The predicted molar refractivity (Wildman–Crippen MR) is 78.6 cm³/mol. The topological polar surface area (TPSA) is 38.1 Å². The third-order valence-electron chi connectivity index (χ3n) is 3.82. The summed E-state index contributed by atoms with van der Waals surface area (Å²) in [4.78, 5) is 13.8. The zero-order chi connectivity index (χ0) is 15.7. The van der Waals surface area contributed by atoms with Crippen molar-refractivity contribution in [1.29, 1.82) is 0 Å². The average Bonchev–Trinajstić information content (AvgIpc) is 2.89. The Morgan fingerprint density at radius 2 is 2.18 bits per heavy atom.